The molecular weight excluding hydrogens is 415 g/mol. The molecule has 0 atom stereocenters. The molecule has 0 amide bonds. The summed E-state index contributed by atoms with van der Waals surface area (Å²) < 4.78 is 19.8. The van der Waals surface area contributed by atoms with E-state index in [4.69, 9.17) is 4.74 Å². The predicted octanol–water partition coefficient (Wildman–Crippen LogP) is 5.69. The molecule has 0 fully saturated rings. The minimum absolute atomic E-state index is 0.0297. The van der Waals surface area contributed by atoms with Crippen molar-refractivity contribution in [2.45, 2.75) is 13.2 Å². The number of nitro benzene ring substituents is 1. The van der Waals surface area contributed by atoms with E-state index in [1.807, 2.05) is 18.2 Å². The lowest BCUT2D eigenvalue weighted by Crippen LogP contribution is -2.04. The van der Waals surface area contributed by atoms with Crippen LogP contribution in [0.3, 0.4) is 0 Å². The highest BCUT2D eigenvalue weighted by Crippen LogP contribution is 2.26. The summed E-state index contributed by atoms with van der Waals surface area (Å²) in [5.74, 6) is 0.393. The zero-order valence-electron chi connectivity index (χ0n) is 14.2. The number of nitro groups is 1. The van der Waals surface area contributed by atoms with Gasteiger partial charge in [-0.2, -0.15) is 0 Å². The van der Waals surface area contributed by atoms with E-state index in [2.05, 4.69) is 21.2 Å². The molecule has 27 heavy (non-hydrogen) atoms. The largest absolute Gasteiger partial charge is 0.489 e. The summed E-state index contributed by atoms with van der Waals surface area (Å²) >= 11 is 3.44. The van der Waals surface area contributed by atoms with Crippen LogP contribution in [0.15, 0.2) is 71.2 Å². The van der Waals surface area contributed by atoms with E-state index in [-0.39, 0.29) is 11.5 Å². The molecule has 5 nitrogen and oxygen atoms in total. The van der Waals surface area contributed by atoms with Gasteiger partial charge in [-0.1, -0.05) is 34.1 Å². The van der Waals surface area contributed by atoms with Crippen molar-refractivity contribution in [3.8, 4) is 5.75 Å². The Morgan fingerprint density at radius 2 is 1.85 bits per heavy atom. The number of halogens is 2. The van der Waals surface area contributed by atoms with Crippen LogP contribution in [-0.4, -0.2) is 4.92 Å². The smallest absolute Gasteiger partial charge is 0.271 e. The fraction of sp³-hybridized carbons (Fsp3) is 0.100. The summed E-state index contributed by atoms with van der Waals surface area (Å²) in [5, 5.41) is 14.1. The summed E-state index contributed by atoms with van der Waals surface area (Å²) in [6.45, 7) is 0.741. The molecule has 3 aromatic carbocycles. The van der Waals surface area contributed by atoms with Gasteiger partial charge in [-0.15, -0.1) is 0 Å². The van der Waals surface area contributed by atoms with Crippen molar-refractivity contribution in [2.24, 2.45) is 0 Å². The molecule has 0 saturated carbocycles. The first kappa shape index (κ1) is 18.8. The van der Waals surface area contributed by atoms with Gasteiger partial charge in [-0.05, 0) is 42.0 Å². The Morgan fingerprint density at radius 3 is 2.59 bits per heavy atom. The van der Waals surface area contributed by atoms with Gasteiger partial charge in [0.1, 0.15) is 18.2 Å². The van der Waals surface area contributed by atoms with Gasteiger partial charge in [0.2, 0.25) is 0 Å². The highest BCUT2D eigenvalue weighted by Gasteiger charge is 2.08. The first-order valence-electron chi connectivity index (χ1n) is 8.15. The van der Waals surface area contributed by atoms with Crippen molar-refractivity contribution in [1.29, 1.82) is 0 Å². The van der Waals surface area contributed by atoms with Crippen LogP contribution in [0.25, 0.3) is 0 Å². The monoisotopic (exact) mass is 430 g/mol. The Balaban J connectivity index is 1.71. The third kappa shape index (κ3) is 5.27. The van der Waals surface area contributed by atoms with Crippen molar-refractivity contribution in [1.82, 2.24) is 0 Å². The van der Waals surface area contributed by atoms with Crippen molar-refractivity contribution in [3.05, 3.63) is 98.3 Å². The van der Waals surface area contributed by atoms with Gasteiger partial charge in [-0.3, -0.25) is 10.1 Å². The van der Waals surface area contributed by atoms with Gasteiger partial charge in [0.25, 0.3) is 5.69 Å². The van der Waals surface area contributed by atoms with Gasteiger partial charge in [0.15, 0.2) is 0 Å². The molecule has 138 valence electrons. The standard InChI is InChI=1S/C20H16BrFN2O3/c21-16-6-9-20(27-13-14-4-7-17(22)8-5-14)15(10-16)12-23-18-2-1-3-19(11-18)24(25)26/h1-11,23H,12-13H2. The van der Waals surface area contributed by atoms with Gasteiger partial charge >= 0.3 is 0 Å². The zero-order chi connectivity index (χ0) is 19.2. The molecule has 0 heterocycles. The molecule has 1 N–H and O–H groups in total. The molecule has 0 saturated heterocycles. The lowest BCUT2D eigenvalue weighted by molar-refractivity contribution is -0.384. The highest BCUT2D eigenvalue weighted by atomic mass is 79.9. The molecule has 0 aliphatic carbocycles. The lowest BCUT2D eigenvalue weighted by Gasteiger charge is -2.14. The van der Waals surface area contributed by atoms with Gasteiger partial charge in [0, 0.05) is 34.4 Å². The molecule has 0 spiro atoms. The van der Waals surface area contributed by atoms with Crippen LogP contribution in [-0.2, 0) is 13.2 Å². The van der Waals surface area contributed by atoms with E-state index >= 15 is 0 Å². The number of nitrogens with one attached hydrogen (secondary N) is 1. The van der Waals surface area contributed by atoms with E-state index in [0.29, 0.717) is 24.6 Å². The fourth-order valence-electron chi connectivity index (χ4n) is 2.50. The third-order valence-electron chi connectivity index (χ3n) is 3.87. The number of hydrogen-bond acceptors (Lipinski definition) is 4. The molecule has 0 unspecified atom stereocenters. The van der Waals surface area contributed by atoms with Crippen molar-refractivity contribution < 1.29 is 14.1 Å². The number of nitrogens with zero attached hydrogens (tertiary/aromatic N) is 1. The number of rotatable bonds is 7. The fourth-order valence-corrected chi connectivity index (χ4v) is 2.90. The van der Waals surface area contributed by atoms with Gasteiger partial charge in [0.05, 0.1) is 4.92 Å². The van der Waals surface area contributed by atoms with E-state index in [1.54, 1.807) is 24.3 Å². The van der Waals surface area contributed by atoms with Crippen molar-refractivity contribution in [2.75, 3.05) is 5.32 Å². The van der Waals surface area contributed by atoms with Crippen LogP contribution in [0.1, 0.15) is 11.1 Å². The first-order valence-corrected chi connectivity index (χ1v) is 8.94. The van der Waals surface area contributed by atoms with Crippen LogP contribution in [0, 0.1) is 15.9 Å². The van der Waals surface area contributed by atoms with E-state index in [0.717, 1.165) is 15.6 Å². The normalized spacial score (nSPS) is 10.4. The number of benzene rings is 3. The Bertz CT molecular complexity index is 948. The zero-order valence-corrected chi connectivity index (χ0v) is 15.8. The van der Waals surface area contributed by atoms with Crippen LogP contribution in [0.2, 0.25) is 0 Å². The summed E-state index contributed by atoms with van der Waals surface area (Å²) in [5.41, 5.74) is 2.42. The second kappa shape index (κ2) is 8.64. The number of hydrogen-bond donors (Lipinski definition) is 1. The minimum Gasteiger partial charge on any atom is -0.489 e. The minimum atomic E-state index is -0.429. The maximum absolute atomic E-state index is 13.0. The quantitative estimate of drug-likeness (QED) is 0.386. The second-order valence-corrected chi connectivity index (χ2v) is 6.74. The Morgan fingerprint density at radius 1 is 1.07 bits per heavy atom. The van der Waals surface area contributed by atoms with Crippen LogP contribution >= 0.6 is 15.9 Å². The maximum Gasteiger partial charge on any atom is 0.271 e. The highest BCUT2D eigenvalue weighted by molar-refractivity contribution is 9.10. The second-order valence-electron chi connectivity index (χ2n) is 5.83. The van der Waals surface area contributed by atoms with Crippen molar-refractivity contribution >= 4 is 27.3 Å². The first-order chi connectivity index (χ1) is 13.0. The molecule has 0 radical (unpaired) electrons. The van der Waals surface area contributed by atoms with E-state index in [1.165, 1.54) is 24.3 Å². The topological polar surface area (TPSA) is 64.4 Å². The Kier molecular flexibility index (Phi) is 6.03. The third-order valence-corrected chi connectivity index (χ3v) is 4.36. The molecule has 0 aromatic heterocycles. The summed E-state index contributed by atoms with van der Waals surface area (Å²) in [4.78, 5) is 10.5. The SMILES string of the molecule is O=[N+]([O-])c1cccc(NCc2cc(Br)ccc2OCc2ccc(F)cc2)c1. The average molecular weight is 431 g/mol. The molecule has 0 bridgehead atoms. The average Bonchev–Trinajstić information content (AvgIpc) is 2.67. The number of ether oxygens (including phenoxy) is 1. The summed E-state index contributed by atoms with van der Waals surface area (Å²) in [6.07, 6.45) is 0. The summed E-state index contributed by atoms with van der Waals surface area (Å²) in [7, 11) is 0. The molecule has 7 heteroatoms. The Hall–Kier alpha value is -2.93. The number of anilines is 1. The predicted molar refractivity (Wildman–Crippen MR) is 105 cm³/mol. The lowest BCUT2D eigenvalue weighted by atomic mass is 10.2. The molecule has 3 rings (SSSR count). The molecule has 0 aliphatic rings. The Labute approximate surface area is 164 Å². The van der Waals surface area contributed by atoms with Crippen LogP contribution in [0.5, 0.6) is 5.75 Å². The van der Waals surface area contributed by atoms with Crippen LogP contribution in [0.4, 0.5) is 15.8 Å². The molecule has 0 aliphatic heterocycles. The number of non-ortho nitro benzene ring substituents is 1. The van der Waals surface area contributed by atoms with Gasteiger partial charge < -0.3 is 10.1 Å². The molecule has 3 aromatic rings. The van der Waals surface area contributed by atoms with Crippen molar-refractivity contribution in [3.63, 3.8) is 0 Å². The molecular formula is C20H16BrFN2O3. The van der Waals surface area contributed by atoms with E-state index in [9.17, 15) is 14.5 Å². The van der Waals surface area contributed by atoms with E-state index < -0.39 is 4.92 Å². The van der Waals surface area contributed by atoms with Crippen LogP contribution < -0.4 is 10.1 Å². The summed E-state index contributed by atoms with van der Waals surface area (Å²) in [6, 6.07) is 18.1. The maximum atomic E-state index is 13.0. The van der Waals surface area contributed by atoms with Gasteiger partial charge in [-0.25, -0.2) is 4.39 Å².